The van der Waals surface area contributed by atoms with Crippen LogP contribution in [0.4, 0.5) is 0 Å². The smallest absolute Gasteiger partial charge is 0.328 e. The molecular weight excluding hydrogens is 262 g/mol. The molecule has 0 fully saturated rings. The van der Waals surface area contributed by atoms with Gasteiger partial charge in [0.25, 0.3) is 0 Å². The summed E-state index contributed by atoms with van der Waals surface area (Å²) in [6.07, 6.45) is 12.7. The number of nitrogens with zero attached hydrogens (tertiary/aromatic N) is 1. The summed E-state index contributed by atoms with van der Waals surface area (Å²) < 4.78 is 0. The van der Waals surface area contributed by atoms with Crippen LogP contribution in [0.5, 0.6) is 0 Å². The zero-order chi connectivity index (χ0) is 16.3. The highest BCUT2D eigenvalue weighted by atomic mass is 16.4. The van der Waals surface area contributed by atoms with Gasteiger partial charge in [0.15, 0.2) is 0 Å². The third kappa shape index (κ3) is 10.8. The van der Waals surface area contributed by atoms with E-state index in [-0.39, 0.29) is 0 Å². The maximum absolute atomic E-state index is 10.7. The molecule has 0 unspecified atom stereocenters. The van der Waals surface area contributed by atoms with E-state index >= 15 is 0 Å². The molecule has 0 aliphatic rings. The van der Waals surface area contributed by atoms with Crippen LogP contribution in [0.3, 0.4) is 0 Å². The molecule has 0 radical (unpaired) electrons. The van der Waals surface area contributed by atoms with Gasteiger partial charge in [-0.3, -0.25) is 4.99 Å². The fourth-order valence-corrected chi connectivity index (χ4v) is 1.95. The van der Waals surface area contributed by atoms with Gasteiger partial charge in [-0.15, -0.1) is 0 Å². The molecule has 0 bridgehead atoms. The molecule has 21 heavy (non-hydrogen) atoms. The van der Waals surface area contributed by atoms with Crippen LogP contribution in [0, 0.1) is 0 Å². The Balaban J connectivity index is 4.30. The first-order valence-corrected chi connectivity index (χ1v) is 7.58. The Morgan fingerprint density at radius 2 is 1.76 bits per heavy atom. The number of aliphatic imine (C=N–C) groups is 1. The minimum absolute atomic E-state index is 0.678. The van der Waals surface area contributed by atoms with E-state index in [1.165, 1.54) is 11.1 Å². The van der Waals surface area contributed by atoms with E-state index in [9.17, 15) is 4.79 Å². The summed E-state index contributed by atoms with van der Waals surface area (Å²) in [4.78, 5) is 14.9. The number of allylic oxidation sites excluding steroid dienone is 6. The lowest BCUT2D eigenvalue weighted by Crippen LogP contribution is -2.14. The van der Waals surface area contributed by atoms with Crippen molar-refractivity contribution in [2.24, 2.45) is 4.99 Å². The second kappa shape index (κ2) is 11.1. The lowest BCUT2D eigenvalue weighted by molar-refractivity contribution is -0.137. The lowest BCUT2D eigenvalue weighted by Gasteiger charge is -2.03. The topological polar surface area (TPSA) is 49.7 Å². The summed E-state index contributed by atoms with van der Waals surface area (Å²) in [5, 5.41) is 8.82. The summed E-state index contributed by atoms with van der Waals surface area (Å²) in [7, 11) is 0. The summed E-state index contributed by atoms with van der Waals surface area (Å²) in [5.74, 6) is -0.889. The van der Waals surface area contributed by atoms with Crippen molar-refractivity contribution in [3.8, 4) is 0 Å². The van der Waals surface area contributed by atoms with Gasteiger partial charge in [-0.2, -0.15) is 0 Å². The number of carboxylic acid groups (broad SMARTS) is 1. The van der Waals surface area contributed by atoms with Gasteiger partial charge in [-0.1, -0.05) is 29.4 Å². The van der Waals surface area contributed by atoms with Gasteiger partial charge in [-0.05, 0) is 66.4 Å². The Bertz CT molecular complexity index is 442. The molecule has 0 saturated heterocycles. The maximum Gasteiger partial charge on any atom is 0.328 e. The molecule has 0 rings (SSSR count). The van der Waals surface area contributed by atoms with Crippen molar-refractivity contribution in [2.45, 2.75) is 66.3 Å². The minimum Gasteiger partial charge on any atom is -0.480 e. The van der Waals surface area contributed by atoms with Crippen LogP contribution in [-0.2, 0) is 4.79 Å². The van der Waals surface area contributed by atoms with Crippen LogP contribution in [0.1, 0.15) is 60.3 Å². The normalized spacial score (nSPS) is 15.6. The van der Waals surface area contributed by atoms with Crippen molar-refractivity contribution in [1.29, 1.82) is 0 Å². The molecule has 0 aliphatic carbocycles. The Labute approximate surface area is 129 Å². The molecule has 0 heterocycles. The van der Waals surface area contributed by atoms with Crippen molar-refractivity contribution in [1.82, 2.24) is 0 Å². The SMILES string of the molecule is CC=CCCC(C)=CCCC(C)=CC(C)=N[C@@H](C)C(=O)O. The van der Waals surface area contributed by atoms with Gasteiger partial charge in [0.05, 0.1) is 0 Å². The highest BCUT2D eigenvalue weighted by molar-refractivity contribution is 5.94. The molecule has 0 amide bonds. The van der Waals surface area contributed by atoms with Crippen LogP contribution >= 0.6 is 0 Å². The number of hydrogen-bond donors (Lipinski definition) is 1. The Hall–Kier alpha value is -1.64. The molecule has 3 nitrogen and oxygen atoms in total. The van der Waals surface area contributed by atoms with Gasteiger partial charge < -0.3 is 5.11 Å². The third-order valence-electron chi connectivity index (χ3n) is 3.18. The molecule has 0 saturated carbocycles. The Morgan fingerprint density at radius 3 is 2.33 bits per heavy atom. The first-order valence-electron chi connectivity index (χ1n) is 7.58. The van der Waals surface area contributed by atoms with Gasteiger partial charge in [0, 0.05) is 5.71 Å². The minimum atomic E-state index is -0.889. The highest BCUT2D eigenvalue weighted by Gasteiger charge is 2.07. The van der Waals surface area contributed by atoms with E-state index in [0.717, 1.165) is 31.4 Å². The molecule has 0 aromatic heterocycles. The summed E-state index contributed by atoms with van der Waals surface area (Å²) in [6.45, 7) is 9.71. The van der Waals surface area contributed by atoms with Crippen LogP contribution in [0.25, 0.3) is 0 Å². The predicted octanol–water partition coefficient (Wildman–Crippen LogP) is 4.95. The standard InChI is InChI=1S/C18H29NO2/c1-6-7-8-10-14(2)11-9-12-15(3)13-16(4)19-17(5)18(20)21/h6-7,11,13,17H,8-10,12H2,1-5H3,(H,20,21)/t17-/m0/s1. The summed E-state index contributed by atoms with van der Waals surface area (Å²) >= 11 is 0. The average Bonchev–Trinajstić information content (AvgIpc) is 2.38. The van der Waals surface area contributed by atoms with Gasteiger partial charge in [-0.25, -0.2) is 4.79 Å². The molecule has 0 aliphatic heterocycles. The average molecular weight is 291 g/mol. The van der Waals surface area contributed by atoms with Crippen molar-refractivity contribution in [2.75, 3.05) is 0 Å². The maximum atomic E-state index is 10.7. The van der Waals surface area contributed by atoms with E-state index in [1.54, 1.807) is 6.92 Å². The highest BCUT2D eigenvalue weighted by Crippen LogP contribution is 2.11. The van der Waals surface area contributed by atoms with Crippen LogP contribution in [0.15, 0.2) is 40.4 Å². The molecule has 0 aromatic rings. The van der Waals surface area contributed by atoms with Gasteiger partial charge in [0.1, 0.15) is 6.04 Å². The monoisotopic (exact) mass is 291 g/mol. The number of carboxylic acids is 1. The Morgan fingerprint density at radius 1 is 1.14 bits per heavy atom. The second-order valence-electron chi connectivity index (χ2n) is 5.47. The van der Waals surface area contributed by atoms with Crippen LogP contribution in [-0.4, -0.2) is 22.8 Å². The van der Waals surface area contributed by atoms with Crippen molar-refractivity contribution >= 4 is 11.7 Å². The fraction of sp³-hybridized carbons (Fsp3) is 0.556. The van der Waals surface area contributed by atoms with E-state index in [0.29, 0.717) is 0 Å². The Kier molecular flexibility index (Phi) is 10.2. The van der Waals surface area contributed by atoms with E-state index in [2.05, 4.69) is 37.1 Å². The molecular formula is C18H29NO2. The zero-order valence-corrected chi connectivity index (χ0v) is 14.0. The molecule has 0 aromatic carbocycles. The predicted molar refractivity (Wildman–Crippen MR) is 91.0 cm³/mol. The van der Waals surface area contributed by atoms with Gasteiger partial charge in [0.2, 0.25) is 0 Å². The second-order valence-corrected chi connectivity index (χ2v) is 5.47. The molecule has 118 valence electrons. The first kappa shape index (κ1) is 19.4. The number of carbonyl (C=O) groups is 1. The number of hydrogen-bond acceptors (Lipinski definition) is 2. The van der Waals surface area contributed by atoms with Crippen LogP contribution < -0.4 is 0 Å². The number of rotatable bonds is 9. The molecule has 3 heteroatoms. The van der Waals surface area contributed by atoms with Crippen LogP contribution in [0.2, 0.25) is 0 Å². The van der Waals surface area contributed by atoms with E-state index in [1.807, 2.05) is 19.9 Å². The van der Waals surface area contributed by atoms with E-state index in [4.69, 9.17) is 5.11 Å². The number of aliphatic carboxylic acids is 1. The van der Waals surface area contributed by atoms with Gasteiger partial charge >= 0.3 is 5.97 Å². The fourth-order valence-electron chi connectivity index (χ4n) is 1.95. The molecule has 0 spiro atoms. The molecule has 1 atom stereocenters. The third-order valence-corrected chi connectivity index (χ3v) is 3.18. The lowest BCUT2D eigenvalue weighted by atomic mass is 10.1. The first-order chi connectivity index (χ1) is 9.86. The van der Waals surface area contributed by atoms with Crippen molar-refractivity contribution < 1.29 is 9.90 Å². The quantitative estimate of drug-likeness (QED) is 0.482. The summed E-state index contributed by atoms with van der Waals surface area (Å²) in [5.41, 5.74) is 3.42. The zero-order valence-electron chi connectivity index (χ0n) is 14.0. The van der Waals surface area contributed by atoms with Crippen molar-refractivity contribution in [3.63, 3.8) is 0 Å². The summed E-state index contributed by atoms with van der Waals surface area (Å²) in [6, 6.07) is -0.678. The van der Waals surface area contributed by atoms with Crippen molar-refractivity contribution in [3.05, 3.63) is 35.5 Å². The largest absolute Gasteiger partial charge is 0.480 e. The molecule has 1 N–H and O–H groups in total. The van der Waals surface area contributed by atoms with E-state index < -0.39 is 12.0 Å².